The summed E-state index contributed by atoms with van der Waals surface area (Å²) in [5.41, 5.74) is -2.36. The molecule has 0 aliphatic rings. The average Bonchev–Trinajstić information content (AvgIpc) is 2.17. The molecule has 0 aliphatic heterocycles. The minimum atomic E-state index is -3.14. The number of halogens is 2. The van der Waals surface area contributed by atoms with Gasteiger partial charge in [0, 0.05) is 0 Å². The highest BCUT2D eigenvalue weighted by molar-refractivity contribution is 5.91. The third-order valence-electron chi connectivity index (χ3n) is 1.57. The highest BCUT2D eigenvalue weighted by Gasteiger charge is 2.22. The lowest BCUT2D eigenvalue weighted by Crippen LogP contribution is -2.03. The van der Waals surface area contributed by atoms with E-state index in [2.05, 4.69) is 4.98 Å². The minimum Gasteiger partial charge on any atom is -0.505 e. The maximum Gasteiger partial charge on any atom is 0.339 e. The molecule has 0 spiro atoms. The van der Waals surface area contributed by atoms with Crippen molar-refractivity contribution in [1.82, 2.24) is 4.98 Å². The van der Waals surface area contributed by atoms with Crippen LogP contribution < -0.4 is 0 Å². The minimum absolute atomic E-state index is 0.486. The summed E-state index contributed by atoms with van der Waals surface area (Å²) in [4.78, 5) is 13.6. The Morgan fingerprint density at radius 2 is 2.20 bits per heavy atom. The summed E-state index contributed by atoms with van der Waals surface area (Å²) < 4.78 is 24.5. The smallest absolute Gasteiger partial charge is 0.339 e. The van der Waals surface area contributed by atoms with Crippen LogP contribution in [0, 0.1) is 11.3 Å². The van der Waals surface area contributed by atoms with Gasteiger partial charge in [-0.25, -0.2) is 18.6 Å². The van der Waals surface area contributed by atoms with Gasteiger partial charge in [0.15, 0.2) is 11.4 Å². The van der Waals surface area contributed by atoms with Crippen molar-refractivity contribution in [3.8, 4) is 11.8 Å². The van der Waals surface area contributed by atoms with Gasteiger partial charge in [-0.05, 0) is 6.07 Å². The SMILES string of the molecule is N#Cc1cc(C(=O)O)c(O)c(C(F)F)n1. The van der Waals surface area contributed by atoms with E-state index in [1.807, 2.05) is 0 Å². The molecule has 1 aromatic heterocycles. The number of carboxylic acid groups (broad SMARTS) is 1. The quantitative estimate of drug-likeness (QED) is 0.773. The van der Waals surface area contributed by atoms with Gasteiger partial charge in [0.05, 0.1) is 0 Å². The van der Waals surface area contributed by atoms with Gasteiger partial charge in [0.25, 0.3) is 6.43 Å². The highest BCUT2D eigenvalue weighted by Crippen LogP contribution is 2.29. The van der Waals surface area contributed by atoms with Gasteiger partial charge in [-0.1, -0.05) is 0 Å². The van der Waals surface area contributed by atoms with Gasteiger partial charge in [-0.15, -0.1) is 0 Å². The summed E-state index contributed by atoms with van der Waals surface area (Å²) in [5, 5.41) is 26.1. The molecule has 5 nitrogen and oxygen atoms in total. The molecule has 0 fully saturated rings. The van der Waals surface area contributed by atoms with Gasteiger partial charge >= 0.3 is 5.97 Å². The van der Waals surface area contributed by atoms with Crippen LogP contribution in [0.3, 0.4) is 0 Å². The summed E-state index contributed by atoms with van der Waals surface area (Å²) in [7, 11) is 0. The number of carbonyl (C=O) groups is 1. The molecule has 15 heavy (non-hydrogen) atoms. The second kappa shape index (κ2) is 3.88. The first kappa shape index (κ1) is 10.8. The molecule has 2 N–H and O–H groups in total. The van der Waals surface area contributed by atoms with E-state index in [0.29, 0.717) is 0 Å². The number of hydrogen-bond acceptors (Lipinski definition) is 4. The monoisotopic (exact) mass is 214 g/mol. The van der Waals surface area contributed by atoms with E-state index in [4.69, 9.17) is 15.5 Å². The predicted octanol–water partition coefficient (Wildman–Crippen LogP) is 1.29. The standard InChI is InChI=1S/C8H4F2N2O3/c9-7(10)5-6(13)4(8(14)15)1-3(2-11)12-5/h1,7,13H,(H,14,15). The predicted molar refractivity (Wildman–Crippen MR) is 42.5 cm³/mol. The van der Waals surface area contributed by atoms with E-state index in [1.54, 1.807) is 0 Å². The van der Waals surface area contributed by atoms with Crippen LogP contribution in [0.2, 0.25) is 0 Å². The molecule has 0 radical (unpaired) electrons. The first-order valence-electron chi connectivity index (χ1n) is 3.62. The maximum atomic E-state index is 12.3. The van der Waals surface area contributed by atoms with E-state index < -0.39 is 35.1 Å². The van der Waals surface area contributed by atoms with Crippen molar-refractivity contribution in [3.05, 3.63) is 23.0 Å². The Hall–Kier alpha value is -2.23. The lowest BCUT2D eigenvalue weighted by atomic mass is 10.1. The molecule has 0 saturated carbocycles. The maximum absolute atomic E-state index is 12.3. The fraction of sp³-hybridized carbons (Fsp3) is 0.125. The fourth-order valence-corrected chi connectivity index (χ4v) is 0.930. The van der Waals surface area contributed by atoms with Crippen molar-refractivity contribution >= 4 is 5.97 Å². The van der Waals surface area contributed by atoms with Gasteiger partial charge in [0.1, 0.15) is 17.3 Å². The summed E-state index contributed by atoms with van der Waals surface area (Å²) in [6, 6.07) is 2.15. The Bertz CT molecular complexity index is 454. The molecule has 0 aliphatic carbocycles. The molecular weight excluding hydrogens is 210 g/mol. The third-order valence-corrected chi connectivity index (χ3v) is 1.57. The molecule has 7 heteroatoms. The third kappa shape index (κ3) is 1.99. The molecule has 0 aromatic carbocycles. The van der Waals surface area contributed by atoms with E-state index in [0.717, 1.165) is 6.07 Å². The fourth-order valence-electron chi connectivity index (χ4n) is 0.930. The zero-order valence-electron chi connectivity index (χ0n) is 7.11. The normalized spacial score (nSPS) is 10.0. The first-order valence-corrected chi connectivity index (χ1v) is 3.62. The Morgan fingerprint density at radius 1 is 1.60 bits per heavy atom. The van der Waals surface area contributed by atoms with Crippen LogP contribution in [-0.2, 0) is 0 Å². The topological polar surface area (TPSA) is 94.2 Å². The lowest BCUT2D eigenvalue weighted by Gasteiger charge is -2.05. The molecule has 0 unspecified atom stereocenters. The van der Waals surface area contributed by atoms with Crippen LogP contribution in [0.4, 0.5) is 8.78 Å². The summed E-state index contributed by atoms with van der Waals surface area (Å²) in [6.07, 6.45) is -3.14. The number of aromatic nitrogens is 1. The number of hydrogen-bond donors (Lipinski definition) is 2. The molecule has 0 amide bonds. The van der Waals surface area contributed by atoms with Crippen LogP contribution in [0.15, 0.2) is 6.07 Å². The second-order valence-electron chi connectivity index (χ2n) is 2.51. The zero-order chi connectivity index (χ0) is 11.6. The molecule has 78 valence electrons. The Balaban J connectivity index is 3.49. The molecule has 0 bridgehead atoms. The number of rotatable bonds is 2. The van der Waals surface area contributed by atoms with Crippen molar-refractivity contribution < 1.29 is 23.8 Å². The zero-order valence-corrected chi connectivity index (χ0v) is 7.11. The van der Waals surface area contributed by atoms with Crippen molar-refractivity contribution in [2.75, 3.05) is 0 Å². The van der Waals surface area contributed by atoms with Crippen molar-refractivity contribution in [1.29, 1.82) is 5.26 Å². The largest absolute Gasteiger partial charge is 0.505 e. The van der Waals surface area contributed by atoms with Gasteiger partial charge in [-0.2, -0.15) is 5.26 Å². The Kier molecular flexibility index (Phi) is 2.80. The molecule has 1 aromatic rings. The molecule has 0 atom stereocenters. The average molecular weight is 214 g/mol. The van der Waals surface area contributed by atoms with Crippen LogP contribution in [0.25, 0.3) is 0 Å². The Morgan fingerprint density at radius 3 is 2.60 bits per heavy atom. The lowest BCUT2D eigenvalue weighted by molar-refractivity contribution is 0.0692. The number of nitriles is 1. The molecule has 1 heterocycles. The number of aromatic hydroxyl groups is 1. The van der Waals surface area contributed by atoms with Crippen molar-refractivity contribution in [2.45, 2.75) is 6.43 Å². The highest BCUT2D eigenvalue weighted by atomic mass is 19.3. The number of aromatic carboxylic acids is 1. The van der Waals surface area contributed by atoms with E-state index in [1.165, 1.54) is 6.07 Å². The second-order valence-corrected chi connectivity index (χ2v) is 2.51. The van der Waals surface area contributed by atoms with Crippen molar-refractivity contribution in [2.24, 2.45) is 0 Å². The van der Waals surface area contributed by atoms with Crippen molar-refractivity contribution in [3.63, 3.8) is 0 Å². The number of carboxylic acids is 1. The van der Waals surface area contributed by atoms with Gasteiger partial charge in [0.2, 0.25) is 0 Å². The van der Waals surface area contributed by atoms with Crippen LogP contribution in [0.1, 0.15) is 28.2 Å². The van der Waals surface area contributed by atoms with E-state index in [9.17, 15) is 13.6 Å². The number of nitrogens with zero attached hydrogens (tertiary/aromatic N) is 2. The first-order chi connectivity index (χ1) is 6.97. The van der Waals surface area contributed by atoms with Crippen LogP contribution >= 0.6 is 0 Å². The molecule has 1 rings (SSSR count). The number of alkyl halides is 2. The summed E-state index contributed by atoms with van der Waals surface area (Å²) in [6.45, 7) is 0. The molecular formula is C8H4F2N2O3. The number of pyridine rings is 1. The summed E-state index contributed by atoms with van der Waals surface area (Å²) in [5.74, 6) is -2.72. The van der Waals surface area contributed by atoms with Crippen LogP contribution in [-0.4, -0.2) is 21.2 Å². The van der Waals surface area contributed by atoms with Gasteiger partial charge in [-0.3, -0.25) is 0 Å². The summed E-state index contributed by atoms with van der Waals surface area (Å²) >= 11 is 0. The van der Waals surface area contributed by atoms with E-state index in [-0.39, 0.29) is 0 Å². The van der Waals surface area contributed by atoms with E-state index >= 15 is 0 Å². The van der Waals surface area contributed by atoms with Crippen LogP contribution in [0.5, 0.6) is 5.75 Å². The Labute approximate surface area is 82.2 Å². The van der Waals surface area contributed by atoms with Gasteiger partial charge < -0.3 is 10.2 Å². The molecule has 0 saturated heterocycles.